The molecule has 4 nitrogen and oxygen atoms in total. The molecule has 1 aliphatic heterocycles. The van der Waals surface area contributed by atoms with Crippen molar-refractivity contribution >= 4 is 34.8 Å². The molecule has 0 saturated carbocycles. The highest BCUT2D eigenvalue weighted by Gasteiger charge is 2.40. The Morgan fingerprint density at radius 1 is 0.848 bits per heavy atom. The maximum atomic E-state index is 13.6. The Morgan fingerprint density at radius 3 is 2.12 bits per heavy atom. The zero-order valence-electron chi connectivity index (χ0n) is 19.1. The standard InChI is InChI=1S/C28H27NO3S/c1-4-32-24-16-12-22(13-17-24)25-26(33-18-20-8-6-5-7-9-20)28(31)29(27(25)30)23-14-10-21(11-15-23)19(2)3/h5-17,19H,4,18H2,1-3H3. The van der Waals surface area contributed by atoms with Gasteiger partial charge in [-0.3, -0.25) is 9.59 Å². The fourth-order valence-electron chi connectivity index (χ4n) is 3.76. The van der Waals surface area contributed by atoms with Gasteiger partial charge in [0, 0.05) is 5.75 Å². The molecule has 0 saturated heterocycles. The van der Waals surface area contributed by atoms with Gasteiger partial charge < -0.3 is 4.74 Å². The van der Waals surface area contributed by atoms with Gasteiger partial charge in [0.05, 0.1) is 22.8 Å². The lowest BCUT2D eigenvalue weighted by Gasteiger charge is -2.16. The van der Waals surface area contributed by atoms with Gasteiger partial charge in [-0.15, -0.1) is 11.8 Å². The van der Waals surface area contributed by atoms with Crippen LogP contribution < -0.4 is 9.64 Å². The van der Waals surface area contributed by atoms with Crippen molar-refractivity contribution in [2.24, 2.45) is 0 Å². The van der Waals surface area contributed by atoms with Crippen molar-refractivity contribution in [2.45, 2.75) is 32.4 Å². The highest BCUT2D eigenvalue weighted by Crippen LogP contribution is 2.40. The molecule has 4 rings (SSSR count). The van der Waals surface area contributed by atoms with Gasteiger partial charge in [0.1, 0.15) is 5.75 Å². The van der Waals surface area contributed by atoms with E-state index >= 15 is 0 Å². The molecule has 33 heavy (non-hydrogen) atoms. The lowest BCUT2D eigenvalue weighted by atomic mass is 10.0. The summed E-state index contributed by atoms with van der Waals surface area (Å²) in [5.41, 5.74) is 4.01. The molecule has 0 bridgehead atoms. The van der Waals surface area contributed by atoms with Crippen molar-refractivity contribution in [3.8, 4) is 5.75 Å². The van der Waals surface area contributed by atoms with Crippen molar-refractivity contribution < 1.29 is 14.3 Å². The Morgan fingerprint density at radius 2 is 1.52 bits per heavy atom. The van der Waals surface area contributed by atoms with Crippen molar-refractivity contribution in [2.75, 3.05) is 11.5 Å². The van der Waals surface area contributed by atoms with Gasteiger partial charge in [0.2, 0.25) is 0 Å². The average Bonchev–Trinajstić information content (AvgIpc) is 3.08. The fourth-order valence-corrected chi connectivity index (χ4v) is 4.82. The van der Waals surface area contributed by atoms with E-state index in [1.165, 1.54) is 16.7 Å². The Kier molecular flexibility index (Phi) is 6.99. The minimum atomic E-state index is -0.294. The second-order valence-electron chi connectivity index (χ2n) is 8.13. The van der Waals surface area contributed by atoms with E-state index in [0.717, 1.165) is 16.9 Å². The normalized spacial score (nSPS) is 13.9. The molecule has 3 aromatic carbocycles. The van der Waals surface area contributed by atoms with Crippen LogP contribution in [0.2, 0.25) is 0 Å². The molecule has 1 heterocycles. The average molecular weight is 458 g/mol. The molecule has 168 valence electrons. The summed E-state index contributed by atoms with van der Waals surface area (Å²) >= 11 is 1.41. The molecule has 0 atom stereocenters. The first-order valence-electron chi connectivity index (χ1n) is 11.1. The topological polar surface area (TPSA) is 46.6 Å². The van der Waals surface area contributed by atoms with Crippen LogP contribution in [0, 0.1) is 0 Å². The second kappa shape index (κ2) is 10.1. The summed E-state index contributed by atoms with van der Waals surface area (Å²) in [6, 6.07) is 25.0. The number of anilines is 1. The number of imide groups is 1. The number of carbonyl (C=O) groups excluding carboxylic acids is 2. The minimum Gasteiger partial charge on any atom is -0.494 e. The molecule has 0 N–H and O–H groups in total. The molecule has 0 fully saturated rings. The van der Waals surface area contributed by atoms with Gasteiger partial charge in [-0.25, -0.2) is 4.90 Å². The number of carbonyl (C=O) groups is 2. The van der Waals surface area contributed by atoms with E-state index in [9.17, 15) is 9.59 Å². The number of ether oxygens (including phenoxy) is 1. The van der Waals surface area contributed by atoms with Gasteiger partial charge in [-0.05, 0) is 53.8 Å². The van der Waals surface area contributed by atoms with Gasteiger partial charge >= 0.3 is 0 Å². The predicted octanol–water partition coefficient (Wildman–Crippen LogP) is 6.43. The summed E-state index contributed by atoms with van der Waals surface area (Å²) in [6.45, 7) is 6.73. The maximum Gasteiger partial charge on any atom is 0.272 e. The van der Waals surface area contributed by atoms with Crippen LogP contribution in [0.5, 0.6) is 5.75 Å². The Balaban J connectivity index is 1.70. The van der Waals surface area contributed by atoms with E-state index < -0.39 is 0 Å². The Bertz CT molecular complexity index is 1170. The third kappa shape index (κ3) is 4.88. The van der Waals surface area contributed by atoms with E-state index in [-0.39, 0.29) is 11.8 Å². The smallest absolute Gasteiger partial charge is 0.272 e. The van der Waals surface area contributed by atoms with E-state index in [4.69, 9.17) is 4.74 Å². The van der Waals surface area contributed by atoms with Crippen molar-refractivity contribution in [1.82, 2.24) is 0 Å². The van der Waals surface area contributed by atoms with Crippen LogP contribution in [0.25, 0.3) is 5.57 Å². The zero-order valence-corrected chi connectivity index (χ0v) is 19.9. The first-order chi connectivity index (χ1) is 16.0. The zero-order chi connectivity index (χ0) is 23.4. The summed E-state index contributed by atoms with van der Waals surface area (Å²) in [5.74, 6) is 1.14. The monoisotopic (exact) mass is 457 g/mol. The minimum absolute atomic E-state index is 0.276. The van der Waals surface area contributed by atoms with Gasteiger partial charge in [-0.2, -0.15) is 0 Å². The highest BCUT2D eigenvalue weighted by atomic mass is 32.2. The molecule has 5 heteroatoms. The fraction of sp³-hybridized carbons (Fsp3) is 0.214. The van der Waals surface area contributed by atoms with Crippen LogP contribution in [0.15, 0.2) is 83.8 Å². The van der Waals surface area contributed by atoms with Crippen LogP contribution >= 0.6 is 11.8 Å². The molecular weight excluding hydrogens is 430 g/mol. The summed E-state index contributed by atoms with van der Waals surface area (Å²) in [4.78, 5) is 28.8. The first kappa shape index (κ1) is 22.9. The number of thioether (sulfide) groups is 1. The van der Waals surface area contributed by atoms with E-state index in [1.54, 1.807) is 0 Å². The largest absolute Gasteiger partial charge is 0.494 e. The maximum absolute atomic E-state index is 13.6. The molecule has 0 unspecified atom stereocenters. The van der Waals surface area contributed by atoms with E-state index in [1.807, 2.05) is 85.8 Å². The van der Waals surface area contributed by atoms with Crippen molar-refractivity contribution in [3.63, 3.8) is 0 Å². The van der Waals surface area contributed by atoms with Gasteiger partial charge in [0.15, 0.2) is 0 Å². The number of nitrogens with zero attached hydrogens (tertiary/aromatic N) is 1. The number of hydrogen-bond acceptors (Lipinski definition) is 4. The van der Waals surface area contributed by atoms with E-state index in [0.29, 0.717) is 40.0 Å². The third-order valence-electron chi connectivity index (χ3n) is 5.54. The summed E-state index contributed by atoms with van der Waals surface area (Å²) in [6.07, 6.45) is 0. The summed E-state index contributed by atoms with van der Waals surface area (Å²) < 4.78 is 5.54. The first-order valence-corrected chi connectivity index (χ1v) is 12.1. The number of benzene rings is 3. The van der Waals surface area contributed by atoms with Crippen LogP contribution in [-0.2, 0) is 15.3 Å². The van der Waals surface area contributed by atoms with Crippen molar-refractivity contribution in [3.05, 3.63) is 100 Å². The lowest BCUT2D eigenvalue weighted by Crippen LogP contribution is -2.31. The molecule has 2 amide bonds. The molecule has 1 aliphatic rings. The van der Waals surface area contributed by atoms with Gasteiger partial charge in [-0.1, -0.05) is 68.4 Å². The number of amides is 2. The summed E-state index contributed by atoms with van der Waals surface area (Å²) in [7, 11) is 0. The third-order valence-corrected chi connectivity index (χ3v) is 6.68. The molecule has 0 spiro atoms. The van der Waals surface area contributed by atoms with Crippen LogP contribution in [-0.4, -0.2) is 18.4 Å². The van der Waals surface area contributed by atoms with Crippen LogP contribution in [0.4, 0.5) is 5.69 Å². The Labute approximate surface area is 199 Å². The summed E-state index contributed by atoms with van der Waals surface area (Å²) in [5, 5.41) is 0. The Hall–Kier alpha value is -3.31. The van der Waals surface area contributed by atoms with Gasteiger partial charge in [0.25, 0.3) is 11.8 Å². The number of hydrogen-bond donors (Lipinski definition) is 0. The van der Waals surface area contributed by atoms with Crippen LogP contribution in [0.1, 0.15) is 43.4 Å². The molecule has 0 aromatic heterocycles. The molecular formula is C28H27NO3S. The number of rotatable bonds is 8. The molecule has 0 aliphatic carbocycles. The second-order valence-corrected chi connectivity index (χ2v) is 9.11. The molecule has 3 aromatic rings. The molecule has 0 radical (unpaired) electrons. The van der Waals surface area contributed by atoms with Crippen LogP contribution in [0.3, 0.4) is 0 Å². The quantitative estimate of drug-likeness (QED) is 0.366. The van der Waals surface area contributed by atoms with E-state index in [2.05, 4.69) is 13.8 Å². The van der Waals surface area contributed by atoms with Crippen molar-refractivity contribution in [1.29, 1.82) is 0 Å². The predicted molar refractivity (Wildman–Crippen MR) is 135 cm³/mol. The SMILES string of the molecule is CCOc1ccc(C2=C(SCc3ccccc3)C(=O)N(c3ccc(C(C)C)cc3)C2=O)cc1. The lowest BCUT2D eigenvalue weighted by molar-refractivity contribution is -0.119. The highest BCUT2D eigenvalue weighted by molar-refractivity contribution is 8.03.